The Kier molecular flexibility index (Phi) is 1.58. The van der Waals surface area contributed by atoms with Gasteiger partial charge in [-0.05, 0) is 25.7 Å². The zero-order valence-corrected chi connectivity index (χ0v) is 10.9. The Morgan fingerprint density at radius 1 is 0.850 bits per heavy atom. The molecule has 2 spiro atoms. The average molecular weight is 274 g/mol. The van der Waals surface area contributed by atoms with Crippen LogP contribution in [0.15, 0.2) is 9.98 Å². The summed E-state index contributed by atoms with van der Waals surface area (Å²) in [4.78, 5) is 40.7. The SMILES string of the molecule is O=C1N2C=NCN3C(=O)N4C=NCN1C41CCCCC231. The maximum atomic E-state index is 12.7. The minimum absolute atomic E-state index is 0.0882. The first kappa shape index (κ1) is 10.6. The van der Waals surface area contributed by atoms with Crippen LogP contribution in [0.25, 0.3) is 0 Å². The second-order valence-electron chi connectivity index (χ2n) is 5.88. The van der Waals surface area contributed by atoms with E-state index in [1.54, 1.807) is 32.3 Å². The van der Waals surface area contributed by atoms with Gasteiger partial charge in [0.25, 0.3) is 0 Å². The number of amides is 4. The second-order valence-corrected chi connectivity index (χ2v) is 5.88. The van der Waals surface area contributed by atoms with Gasteiger partial charge in [-0.1, -0.05) is 0 Å². The van der Waals surface area contributed by atoms with Crippen molar-refractivity contribution in [3.8, 4) is 0 Å². The minimum Gasteiger partial charge on any atom is -0.277 e. The molecule has 1 saturated carbocycles. The summed E-state index contributed by atoms with van der Waals surface area (Å²) in [5, 5.41) is 0. The predicted molar refractivity (Wildman–Crippen MR) is 68.8 cm³/mol. The molecule has 0 bridgehead atoms. The molecule has 0 aromatic rings. The molecule has 8 nitrogen and oxygen atoms in total. The van der Waals surface area contributed by atoms with Gasteiger partial charge in [-0.15, -0.1) is 0 Å². The van der Waals surface area contributed by atoms with Crippen LogP contribution in [0.5, 0.6) is 0 Å². The van der Waals surface area contributed by atoms with Gasteiger partial charge in [0.2, 0.25) is 0 Å². The molecule has 0 aromatic heterocycles. The molecule has 2 saturated heterocycles. The van der Waals surface area contributed by atoms with Crippen LogP contribution in [0.2, 0.25) is 0 Å². The summed E-state index contributed by atoms with van der Waals surface area (Å²) in [6.45, 7) is 0.644. The van der Waals surface area contributed by atoms with E-state index in [1.165, 1.54) is 0 Å². The third-order valence-electron chi connectivity index (χ3n) is 5.35. The summed E-state index contributed by atoms with van der Waals surface area (Å²) in [6, 6.07) is -0.176. The van der Waals surface area contributed by atoms with Crippen LogP contribution in [-0.4, -0.2) is 69.0 Å². The summed E-state index contributed by atoms with van der Waals surface area (Å²) in [7, 11) is 0. The van der Waals surface area contributed by atoms with Crippen molar-refractivity contribution in [1.29, 1.82) is 0 Å². The summed E-state index contributed by atoms with van der Waals surface area (Å²) < 4.78 is 0. The molecule has 0 radical (unpaired) electrons. The Hall–Kier alpha value is -2.12. The first-order valence-corrected chi connectivity index (χ1v) is 6.95. The lowest BCUT2D eigenvalue weighted by Crippen LogP contribution is -2.70. The maximum absolute atomic E-state index is 12.7. The first-order chi connectivity index (χ1) is 9.73. The number of hydrogen-bond acceptors (Lipinski definition) is 4. The van der Waals surface area contributed by atoms with Gasteiger partial charge in [-0.2, -0.15) is 0 Å². The Morgan fingerprint density at radius 3 is 1.75 bits per heavy atom. The third kappa shape index (κ3) is 0.763. The highest BCUT2D eigenvalue weighted by Crippen LogP contribution is 2.58. The van der Waals surface area contributed by atoms with Gasteiger partial charge in [-0.25, -0.2) is 9.59 Å². The Morgan fingerprint density at radius 2 is 1.30 bits per heavy atom. The molecule has 104 valence electrons. The fourth-order valence-electron chi connectivity index (χ4n) is 4.67. The Balaban J connectivity index is 1.86. The number of carbonyl (C=O) groups is 2. The van der Waals surface area contributed by atoms with Gasteiger partial charge in [0, 0.05) is 0 Å². The summed E-state index contributed by atoms with van der Waals surface area (Å²) in [5.41, 5.74) is -1.18. The van der Waals surface area contributed by atoms with E-state index in [1.807, 2.05) is 0 Å². The van der Waals surface area contributed by atoms with Crippen molar-refractivity contribution in [2.45, 2.75) is 37.0 Å². The van der Waals surface area contributed by atoms with Crippen molar-refractivity contribution in [3.05, 3.63) is 0 Å². The lowest BCUT2D eigenvalue weighted by Gasteiger charge is -2.52. The lowest BCUT2D eigenvalue weighted by molar-refractivity contribution is -0.0659. The predicted octanol–water partition coefficient (Wildman–Crippen LogP) is 0.427. The third-order valence-corrected chi connectivity index (χ3v) is 5.35. The molecule has 20 heavy (non-hydrogen) atoms. The van der Waals surface area contributed by atoms with Gasteiger partial charge < -0.3 is 0 Å². The zero-order chi connectivity index (χ0) is 13.5. The second kappa shape index (κ2) is 2.97. The van der Waals surface area contributed by atoms with E-state index in [0.717, 1.165) is 25.7 Å². The smallest absolute Gasteiger partial charge is 0.277 e. The van der Waals surface area contributed by atoms with Crippen molar-refractivity contribution in [2.24, 2.45) is 9.98 Å². The molecule has 2 atom stereocenters. The van der Waals surface area contributed by atoms with Crippen LogP contribution in [0.4, 0.5) is 9.59 Å². The topological polar surface area (TPSA) is 71.8 Å². The molecule has 1 aliphatic carbocycles. The van der Waals surface area contributed by atoms with Crippen molar-refractivity contribution < 1.29 is 9.59 Å². The lowest BCUT2D eigenvalue weighted by atomic mass is 9.77. The first-order valence-electron chi connectivity index (χ1n) is 6.95. The van der Waals surface area contributed by atoms with Gasteiger partial charge in [0.1, 0.15) is 13.3 Å². The number of nitrogens with zero attached hydrogens (tertiary/aromatic N) is 6. The average Bonchev–Trinajstić information content (AvgIpc) is 2.86. The number of carbonyl (C=O) groups excluding carboxylic acids is 2. The highest BCUT2D eigenvalue weighted by molar-refractivity contribution is 6.01. The molecule has 5 rings (SSSR count). The van der Waals surface area contributed by atoms with Crippen molar-refractivity contribution in [3.63, 3.8) is 0 Å². The van der Waals surface area contributed by atoms with Gasteiger partial charge in [0.15, 0.2) is 11.3 Å². The van der Waals surface area contributed by atoms with E-state index in [4.69, 9.17) is 0 Å². The van der Waals surface area contributed by atoms with Crippen LogP contribution in [0.3, 0.4) is 0 Å². The van der Waals surface area contributed by atoms with E-state index in [-0.39, 0.29) is 12.1 Å². The summed E-state index contributed by atoms with van der Waals surface area (Å²) in [6.07, 6.45) is 6.86. The van der Waals surface area contributed by atoms with E-state index >= 15 is 0 Å². The summed E-state index contributed by atoms with van der Waals surface area (Å²) in [5.74, 6) is 0. The number of hydrogen-bond donors (Lipinski definition) is 0. The highest BCUT2D eigenvalue weighted by atomic mass is 16.2. The molecule has 0 aromatic carbocycles. The molecule has 4 aliphatic heterocycles. The van der Waals surface area contributed by atoms with Crippen molar-refractivity contribution in [2.75, 3.05) is 13.3 Å². The van der Waals surface area contributed by atoms with Gasteiger partial charge in [-0.3, -0.25) is 29.6 Å². The highest BCUT2D eigenvalue weighted by Gasteiger charge is 2.79. The van der Waals surface area contributed by atoms with E-state index in [2.05, 4.69) is 9.98 Å². The fraction of sp³-hybridized carbons (Fsp3) is 0.667. The quantitative estimate of drug-likeness (QED) is 0.642. The molecular weight excluding hydrogens is 260 g/mol. The maximum Gasteiger partial charge on any atom is 0.330 e. The largest absolute Gasteiger partial charge is 0.330 e. The molecule has 4 heterocycles. The van der Waals surface area contributed by atoms with E-state index < -0.39 is 11.3 Å². The number of rotatable bonds is 0. The molecule has 2 unspecified atom stereocenters. The van der Waals surface area contributed by atoms with E-state index in [0.29, 0.717) is 13.3 Å². The Labute approximate surface area is 115 Å². The van der Waals surface area contributed by atoms with Gasteiger partial charge in [0.05, 0.1) is 12.7 Å². The van der Waals surface area contributed by atoms with Crippen LogP contribution < -0.4 is 0 Å². The molecule has 4 amide bonds. The zero-order valence-electron chi connectivity index (χ0n) is 10.9. The van der Waals surface area contributed by atoms with Crippen LogP contribution >= 0.6 is 0 Å². The minimum atomic E-state index is -0.590. The van der Waals surface area contributed by atoms with Crippen molar-refractivity contribution >= 4 is 24.7 Å². The molecule has 0 N–H and O–H groups in total. The van der Waals surface area contributed by atoms with Crippen LogP contribution in [0, 0.1) is 0 Å². The van der Waals surface area contributed by atoms with Crippen LogP contribution in [-0.2, 0) is 0 Å². The van der Waals surface area contributed by atoms with E-state index in [9.17, 15) is 9.59 Å². The Bertz CT molecular complexity index is 551. The fourth-order valence-corrected chi connectivity index (χ4v) is 4.67. The van der Waals surface area contributed by atoms with Gasteiger partial charge >= 0.3 is 12.1 Å². The molecule has 8 heteroatoms. The normalized spacial score (nSPS) is 40.6. The molecule has 5 aliphatic rings. The van der Waals surface area contributed by atoms with Crippen molar-refractivity contribution in [1.82, 2.24) is 19.6 Å². The van der Waals surface area contributed by atoms with Crippen LogP contribution in [0.1, 0.15) is 25.7 Å². The number of urea groups is 2. The molecule has 3 fully saturated rings. The molecular formula is C12H14N6O2. The monoisotopic (exact) mass is 274 g/mol. The number of aliphatic imine (C=N–C) groups is 2. The summed E-state index contributed by atoms with van der Waals surface area (Å²) >= 11 is 0. The standard InChI is InChI=1S/C12H14N6O2/c19-9-15-5-13-6-16-10(20)18-8-14-7-17(9)12(18)4-2-1-3-11(12,15)16/h5,8H,1-4,6-7H2.